The summed E-state index contributed by atoms with van der Waals surface area (Å²) in [6, 6.07) is 6.36. The third kappa shape index (κ3) is 1.99. The van der Waals surface area contributed by atoms with Crippen molar-refractivity contribution in [2.24, 2.45) is 0 Å². The summed E-state index contributed by atoms with van der Waals surface area (Å²) >= 11 is 0. The summed E-state index contributed by atoms with van der Waals surface area (Å²) in [5.41, 5.74) is 2.46. The van der Waals surface area contributed by atoms with Crippen LogP contribution in [0.25, 0.3) is 10.9 Å². The number of rotatable bonds is 4. The third-order valence-corrected chi connectivity index (χ3v) is 3.98. The highest BCUT2D eigenvalue weighted by atomic mass is 16.3. The van der Waals surface area contributed by atoms with Crippen LogP contribution >= 0.6 is 0 Å². The lowest BCUT2D eigenvalue weighted by Crippen LogP contribution is -2.34. The van der Waals surface area contributed by atoms with Crippen LogP contribution in [0.4, 0.5) is 0 Å². The van der Waals surface area contributed by atoms with E-state index < -0.39 is 0 Å². The number of phenolic OH excluding ortho intramolecular Hbond substituents is 1. The second-order valence-electron chi connectivity index (χ2n) is 5.15. The summed E-state index contributed by atoms with van der Waals surface area (Å²) < 4.78 is 2.20. The van der Waals surface area contributed by atoms with E-state index in [-0.39, 0.29) is 0 Å². The number of nitrogens with zero attached hydrogens (tertiary/aromatic N) is 1. The van der Waals surface area contributed by atoms with Crippen molar-refractivity contribution >= 4 is 10.9 Å². The Morgan fingerprint density at radius 2 is 2.22 bits per heavy atom. The minimum Gasteiger partial charge on any atom is -0.508 e. The van der Waals surface area contributed by atoms with Crippen LogP contribution in [0.2, 0.25) is 0 Å². The minimum atomic E-state index is 0.341. The highest BCUT2D eigenvalue weighted by Crippen LogP contribution is 2.26. The molecule has 1 aromatic heterocycles. The Hall–Kier alpha value is -1.48. The second kappa shape index (κ2) is 4.65. The van der Waals surface area contributed by atoms with Gasteiger partial charge in [0.15, 0.2) is 0 Å². The van der Waals surface area contributed by atoms with E-state index in [2.05, 4.69) is 23.0 Å². The Kier molecular flexibility index (Phi) is 3.00. The number of hydrogen-bond acceptors (Lipinski definition) is 2. The fourth-order valence-electron chi connectivity index (χ4n) is 2.63. The number of hydrogen-bond donors (Lipinski definition) is 2. The van der Waals surface area contributed by atoms with Gasteiger partial charge in [-0.05, 0) is 37.5 Å². The molecule has 2 aromatic rings. The van der Waals surface area contributed by atoms with Gasteiger partial charge in [-0.3, -0.25) is 0 Å². The maximum atomic E-state index is 9.60. The first-order valence-electron chi connectivity index (χ1n) is 6.82. The summed E-state index contributed by atoms with van der Waals surface area (Å²) in [6.07, 6.45) is 6.19. The summed E-state index contributed by atoms with van der Waals surface area (Å²) in [5.74, 6) is 0.341. The van der Waals surface area contributed by atoms with Gasteiger partial charge in [-0.1, -0.05) is 6.42 Å². The first-order valence-corrected chi connectivity index (χ1v) is 6.82. The van der Waals surface area contributed by atoms with Gasteiger partial charge in [0, 0.05) is 36.8 Å². The topological polar surface area (TPSA) is 37.2 Å². The van der Waals surface area contributed by atoms with Crippen molar-refractivity contribution in [1.29, 1.82) is 0 Å². The van der Waals surface area contributed by atoms with Gasteiger partial charge in [0.05, 0.1) is 5.52 Å². The van der Waals surface area contributed by atoms with Gasteiger partial charge in [-0.15, -0.1) is 0 Å². The van der Waals surface area contributed by atoms with Gasteiger partial charge in [0.1, 0.15) is 5.75 Å². The van der Waals surface area contributed by atoms with E-state index in [1.165, 1.54) is 30.2 Å². The molecule has 0 unspecified atom stereocenters. The fourth-order valence-corrected chi connectivity index (χ4v) is 2.63. The molecule has 18 heavy (non-hydrogen) atoms. The quantitative estimate of drug-likeness (QED) is 0.867. The molecular formula is C15H20N2O. The molecule has 3 rings (SSSR count). The van der Waals surface area contributed by atoms with E-state index in [9.17, 15) is 5.11 Å². The molecular weight excluding hydrogens is 224 g/mol. The summed E-state index contributed by atoms with van der Waals surface area (Å²) in [5, 5.41) is 14.5. The van der Waals surface area contributed by atoms with Crippen molar-refractivity contribution in [2.45, 2.75) is 45.3 Å². The molecule has 1 heterocycles. The molecule has 0 aliphatic heterocycles. The van der Waals surface area contributed by atoms with Gasteiger partial charge in [0.2, 0.25) is 0 Å². The van der Waals surface area contributed by atoms with Crippen LogP contribution in [-0.4, -0.2) is 15.7 Å². The number of aryl methyl sites for hydroxylation is 1. The van der Waals surface area contributed by atoms with Crippen LogP contribution in [0.5, 0.6) is 5.75 Å². The normalized spacial score (nSPS) is 16.1. The van der Waals surface area contributed by atoms with Crippen LogP contribution < -0.4 is 5.32 Å². The van der Waals surface area contributed by atoms with E-state index in [1.54, 1.807) is 6.07 Å². The molecule has 3 nitrogen and oxygen atoms in total. The van der Waals surface area contributed by atoms with E-state index >= 15 is 0 Å². The molecule has 0 atom stereocenters. The molecule has 0 amide bonds. The molecule has 1 aliphatic carbocycles. The summed E-state index contributed by atoms with van der Waals surface area (Å²) in [6.45, 7) is 3.99. The van der Waals surface area contributed by atoms with Crippen molar-refractivity contribution in [3.63, 3.8) is 0 Å². The average molecular weight is 244 g/mol. The Balaban J connectivity index is 1.90. The Morgan fingerprint density at radius 1 is 1.39 bits per heavy atom. The highest BCUT2D eigenvalue weighted by Gasteiger charge is 2.17. The maximum absolute atomic E-state index is 9.60. The average Bonchev–Trinajstić information content (AvgIpc) is 2.65. The maximum Gasteiger partial charge on any atom is 0.117 e. The molecule has 0 bridgehead atoms. The zero-order valence-corrected chi connectivity index (χ0v) is 10.8. The molecule has 0 saturated heterocycles. The molecule has 2 N–H and O–H groups in total. The van der Waals surface area contributed by atoms with E-state index in [4.69, 9.17) is 0 Å². The predicted octanol–water partition coefficient (Wildman–Crippen LogP) is 3.01. The van der Waals surface area contributed by atoms with Crippen molar-refractivity contribution in [1.82, 2.24) is 9.88 Å². The number of nitrogens with one attached hydrogen (secondary N) is 1. The third-order valence-electron chi connectivity index (χ3n) is 3.98. The predicted molar refractivity (Wildman–Crippen MR) is 73.8 cm³/mol. The Bertz CT molecular complexity index is 555. The van der Waals surface area contributed by atoms with Gasteiger partial charge in [0.25, 0.3) is 0 Å². The highest BCUT2D eigenvalue weighted by molar-refractivity contribution is 5.85. The van der Waals surface area contributed by atoms with Gasteiger partial charge in [-0.2, -0.15) is 0 Å². The van der Waals surface area contributed by atoms with E-state index in [0.29, 0.717) is 11.8 Å². The molecule has 1 saturated carbocycles. The standard InChI is InChI=1S/C15H20N2O/c1-2-17-10-11(9-16-12-4-3-5-12)14-7-6-13(18)8-15(14)17/h6-8,10,12,16,18H,2-5,9H2,1H3. The van der Waals surface area contributed by atoms with Crippen LogP contribution in [-0.2, 0) is 13.1 Å². The number of fused-ring (bicyclic) bond motifs is 1. The molecule has 1 aliphatic rings. The van der Waals surface area contributed by atoms with Gasteiger partial charge in [-0.25, -0.2) is 0 Å². The van der Waals surface area contributed by atoms with Crippen LogP contribution in [0.1, 0.15) is 31.7 Å². The van der Waals surface area contributed by atoms with Gasteiger partial charge < -0.3 is 15.0 Å². The number of phenols is 1. The lowest BCUT2D eigenvalue weighted by molar-refractivity contribution is 0.338. The largest absolute Gasteiger partial charge is 0.508 e. The number of benzene rings is 1. The molecule has 0 spiro atoms. The van der Waals surface area contributed by atoms with Crippen LogP contribution in [0.15, 0.2) is 24.4 Å². The van der Waals surface area contributed by atoms with E-state index in [0.717, 1.165) is 18.6 Å². The SMILES string of the molecule is CCn1cc(CNC2CCC2)c2ccc(O)cc21. The monoisotopic (exact) mass is 244 g/mol. The smallest absolute Gasteiger partial charge is 0.117 e. The molecule has 0 radical (unpaired) electrons. The fraction of sp³-hybridized carbons (Fsp3) is 0.467. The van der Waals surface area contributed by atoms with Crippen molar-refractivity contribution in [3.8, 4) is 5.75 Å². The zero-order valence-electron chi connectivity index (χ0n) is 10.8. The first kappa shape index (κ1) is 11.6. The molecule has 96 valence electrons. The van der Waals surface area contributed by atoms with Crippen molar-refractivity contribution < 1.29 is 5.11 Å². The second-order valence-corrected chi connectivity index (χ2v) is 5.15. The summed E-state index contributed by atoms with van der Waals surface area (Å²) in [4.78, 5) is 0. The van der Waals surface area contributed by atoms with E-state index in [1.807, 2.05) is 12.1 Å². The lowest BCUT2D eigenvalue weighted by atomic mass is 9.93. The zero-order chi connectivity index (χ0) is 12.5. The van der Waals surface area contributed by atoms with Crippen molar-refractivity contribution in [3.05, 3.63) is 30.0 Å². The van der Waals surface area contributed by atoms with Crippen LogP contribution in [0, 0.1) is 0 Å². The van der Waals surface area contributed by atoms with Crippen LogP contribution in [0.3, 0.4) is 0 Å². The summed E-state index contributed by atoms with van der Waals surface area (Å²) in [7, 11) is 0. The van der Waals surface area contributed by atoms with Gasteiger partial charge >= 0.3 is 0 Å². The first-order chi connectivity index (χ1) is 8.78. The Labute approximate surface area is 107 Å². The lowest BCUT2D eigenvalue weighted by Gasteiger charge is -2.26. The Morgan fingerprint density at radius 3 is 2.89 bits per heavy atom. The van der Waals surface area contributed by atoms with Crippen molar-refractivity contribution in [2.75, 3.05) is 0 Å². The number of aromatic nitrogens is 1. The minimum absolute atomic E-state index is 0.341. The molecule has 3 heteroatoms. The number of aromatic hydroxyl groups is 1. The molecule has 1 aromatic carbocycles. The molecule has 1 fully saturated rings.